The molecule has 0 aliphatic heterocycles. The highest BCUT2D eigenvalue weighted by atomic mass is 79.9. The first kappa shape index (κ1) is 17.6. The second-order valence-corrected chi connectivity index (χ2v) is 5.89. The van der Waals surface area contributed by atoms with Gasteiger partial charge in [0.25, 0.3) is 0 Å². The fourth-order valence-corrected chi connectivity index (χ4v) is 3.19. The Morgan fingerprint density at radius 1 is 1.30 bits per heavy atom. The lowest BCUT2D eigenvalue weighted by atomic mass is 9.84. The third-order valence-electron chi connectivity index (χ3n) is 4.11. The maximum Gasteiger partial charge on any atom is 0.137 e. The molecule has 1 unspecified atom stereocenters. The number of nitrogens with one attached hydrogen (secondary N) is 1. The molecule has 20 heavy (non-hydrogen) atoms. The Morgan fingerprint density at radius 2 is 1.95 bits per heavy atom. The minimum atomic E-state index is -0.224. The zero-order valence-electron chi connectivity index (χ0n) is 12.8. The number of ether oxygens (including phenoxy) is 1. The molecule has 1 aromatic rings. The first-order valence-electron chi connectivity index (χ1n) is 7.25. The third kappa shape index (κ3) is 4.03. The zero-order valence-corrected chi connectivity index (χ0v) is 14.4. The average Bonchev–Trinajstić information content (AvgIpc) is 2.45. The van der Waals surface area contributed by atoms with E-state index in [0.29, 0.717) is 4.47 Å². The normalized spacial score (nSPS) is 13.5. The van der Waals surface area contributed by atoms with Gasteiger partial charge in [0.15, 0.2) is 0 Å². The van der Waals surface area contributed by atoms with Crippen molar-refractivity contribution >= 4 is 15.9 Å². The molecular weight excluding hydrogens is 321 g/mol. The smallest absolute Gasteiger partial charge is 0.137 e. The van der Waals surface area contributed by atoms with Crippen molar-refractivity contribution in [1.82, 2.24) is 5.32 Å². The Morgan fingerprint density at radius 3 is 2.40 bits per heavy atom. The number of halogens is 2. The van der Waals surface area contributed by atoms with Crippen LogP contribution >= 0.6 is 15.9 Å². The van der Waals surface area contributed by atoms with Crippen molar-refractivity contribution in [3.8, 4) is 0 Å². The predicted octanol–water partition coefficient (Wildman–Crippen LogP) is 4.31. The highest BCUT2D eigenvalue weighted by molar-refractivity contribution is 9.10. The Hall–Kier alpha value is -0.450. The van der Waals surface area contributed by atoms with Crippen LogP contribution in [0.25, 0.3) is 0 Å². The molecule has 0 aliphatic rings. The van der Waals surface area contributed by atoms with Gasteiger partial charge in [-0.15, -0.1) is 0 Å². The van der Waals surface area contributed by atoms with Crippen molar-refractivity contribution in [1.29, 1.82) is 0 Å². The van der Waals surface area contributed by atoms with Gasteiger partial charge in [-0.25, -0.2) is 4.39 Å². The van der Waals surface area contributed by atoms with E-state index < -0.39 is 0 Å². The Bertz CT molecular complexity index is 413. The molecular formula is C16H25BrFNO. The summed E-state index contributed by atoms with van der Waals surface area (Å²) in [5.74, 6) is -0.224. The first-order valence-corrected chi connectivity index (χ1v) is 8.04. The monoisotopic (exact) mass is 345 g/mol. The van der Waals surface area contributed by atoms with E-state index in [1.54, 1.807) is 7.11 Å². The fourth-order valence-electron chi connectivity index (χ4n) is 2.77. The largest absolute Gasteiger partial charge is 0.377 e. The van der Waals surface area contributed by atoms with Crippen LogP contribution in [0, 0.1) is 5.82 Å². The van der Waals surface area contributed by atoms with Crippen LogP contribution in [0.5, 0.6) is 0 Å². The molecule has 0 spiro atoms. The molecule has 1 N–H and O–H groups in total. The molecule has 1 atom stereocenters. The second kappa shape index (κ2) is 8.11. The fraction of sp³-hybridized carbons (Fsp3) is 0.625. The summed E-state index contributed by atoms with van der Waals surface area (Å²) in [6, 6.07) is 5.42. The molecule has 0 saturated carbocycles. The summed E-state index contributed by atoms with van der Waals surface area (Å²) in [5, 5.41) is 3.52. The van der Waals surface area contributed by atoms with Crippen molar-refractivity contribution in [2.75, 3.05) is 13.7 Å². The highest BCUT2D eigenvalue weighted by Gasteiger charge is 2.35. The maximum absolute atomic E-state index is 13.3. The van der Waals surface area contributed by atoms with E-state index in [1.807, 2.05) is 12.1 Å². The van der Waals surface area contributed by atoms with Crippen molar-refractivity contribution < 1.29 is 9.13 Å². The number of rotatable bonds is 8. The summed E-state index contributed by atoms with van der Waals surface area (Å²) in [6.07, 6.45) is 2.71. The van der Waals surface area contributed by atoms with Crippen molar-refractivity contribution in [2.24, 2.45) is 0 Å². The molecule has 0 amide bonds. The molecule has 1 aromatic carbocycles. The van der Waals surface area contributed by atoms with Crippen LogP contribution in [0.1, 0.15) is 39.2 Å². The maximum atomic E-state index is 13.3. The van der Waals surface area contributed by atoms with Gasteiger partial charge in [-0.3, -0.25) is 0 Å². The molecule has 0 heterocycles. The van der Waals surface area contributed by atoms with E-state index in [-0.39, 0.29) is 17.5 Å². The summed E-state index contributed by atoms with van der Waals surface area (Å²) < 4.78 is 19.7. The van der Waals surface area contributed by atoms with Crippen LogP contribution in [0.4, 0.5) is 4.39 Å². The molecule has 2 nitrogen and oxygen atoms in total. The lowest BCUT2D eigenvalue weighted by Crippen LogP contribution is -2.52. The van der Waals surface area contributed by atoms with E-state index in [0.717, 1.165) is 31.4 Å². The van der Waals surface area contributed by atoms with Crippen LogP contribution in [0.3, 0.4) is 0 Å². The van der Waals surface area contributed by atoms with Gasteiger partial charge in [0, 0.05) is 13.2 Å². The molecule has 0 aromatic heterocycles. The Labute approximate surface area is 130 Å². The summed E-state index contributed by atoms with van der Waals surface area (Å²) in [5.41, 5.74) is 0.921. The van der Waals surface area contributed by atoms with Crippen LogP contribution in [0.15, 0.2) is 22.7 Å². The standard InChI is InChI=1S/C16H25BrFNO/c1-5-16(6-2,20-4)15(19-7-3)11-12-8-9-14(18)13(17)10-12/h8-10,15,19H,5-7,11H2,1-4H3. The third-order valence-corrected chi connectivity index (χ3v) is 4.72. The van der Waals surface area contributed by atoms with Gasteiger partial charge in [-0.05, 0) is 59.4 Å². The van der Waals surface area contributed by atoms with Crippen molar-refractivity contribution in [3.05, 3.63) is 34.1 Å². The van der Waals surface area contributed by atoms with E-state index in [4.69, 9.17) is 4.74 Å². The first-order chi connectivity index (χ1) is 9.52. The molecule has 0 bridgehead atoms. The molecule has 114 valence electrons. The molecule has 0 saturated heterocycles. The number of benzene rings is 1. The zero-order chi connectivity index (χ0) is 15.2. The topological polar surface area (TPSA) is 21.3 Å². The molecule has 0 aliphatic carbocycles. The van der Waals surface area contributed by atoms with Gasteiger partial charge >= 0.3 is 0 Å². The summed E-state index contributed by atoms with van der Waals surface area (Å²) in [6.45, 7) is 7.29. The van der Waals surface area contributed by atoms with Crippen molar-refractivity contribution in [2.45, 2.75) is 51.7 Å². The summed E-state index contributed by atoms with van der Waals surface area (Å²) in [7, 11) is 1.78. The molecule has 0 fully saturated rings. The van der Waals surface area contributed by atoms with Gasteiger partial charge in [0.2, 0.25) is 0 Å². The molecule has 0 radical (unpaired) electrons. The molecule has 1 rings (SSSR count). The van der Waals surface area contributed by atoms with E-state index in [9.17, 15) is 4.39 Å². The van der Waals surface area contributed by atoms with Gasteiger partial charge in [0.05, 0.1) is 10.1 Å². The summed E-state index contributed by atoms with van der Waals surface area (Å²) in [4.78, 5) is 0. The lowest BCUT2D eigenvalue weighted by Gasteiger charge is -2.39. The van der Waals surface area contributed by atoms with E-state index >= 15 is 0 Å². The average molecular weight is 346 g/mol. The lowest BCUT2D eigenvalue weighted by molar-refractivity contribution is -0.0468. The second-order valence-electron chi connectivity index (χ2n) is 5.04. The van der Waals surface area contributed by atoms with Gasteiger partial charge in [-0.1, -0.05) is 26.8 Å². The van der Waals surface area contributed by atoms with Crippen LogP contribution in [-0.2, 0) is 11.2 Å². The SMILES string of the molecule is CCNC(Cc1ccc(F)c(Br)c1)C(CC)(CC)OC. The van der Waals surface area contributed by atoms with Gasteiger partial charge in [-0.2, -0.15) is 0 Å². The molecule has 4 heteroatoms. The number of methoxy groups -OCH3 is 1. The number of likely N-dealkylation sites (N-methyl/N-ethyl adjacent to an activating group) is 1. The van der Waals surface area contributed by atoms with Crippen LogP contribution < -0.4 is 5.32 Å². The minimum Gasteiger partial charge on any atom is -0.377 e. The van der Waals surface area contributed by atoms with E-state index in [2.05, 4.69) is 42.0 Å². The summed E-state index contributed by atoms with van der Waals surface area (Å²) >= 11 is 3.25. The minimum absolute atomic E-state index is 0.184. The number of hydrogen-bond donors (Lipinski definition) is 1. The van der Waals surface area contributed by atoms with Crippen LogP contribution in [-0.4, -0.2) is 25.3 Å². The van der Waals surface area contributed by atoms with E-state index in [1.165, 1.54) is 6.07 Å². The highest BCUT2D eigenvalue weighted by Crippen LogP contribution is 2.27. The van der Waals surface area contributed by atoms with Gasteiger partial charge in [0.1, 0.15) is 5.82 Å². The van der Waals surface area contributed by atoms with Crippen molar-refractivity contribution in [3.63, 3.8) is 0 Å². The number of hydrogen-bond acceptors (Lipinski definition) is 2. The Balaban J connectivity index is 2.98. The Kier molecular flexibility index (Phi) is 7.13. The predicted molar refractivity (Wildman–Crippen MR) is 85.6 cm³/mol. The van der Waals surface area contributed by atoms with Crippen LogP contribution in [0.2, 0.25) is 0 Å². The van der Waals surface area contributed by atoms with Gasteiger partial charge < -0.3 is 10.1 Å². The quantitative estimate of drug-likeness (QED) is 0.757.